The van der Waals surface area contributed by atoms with Crippen LogP contribution in [0.2, 0.25) is 0 Å². The number of carbonyl (C=O) groups excluding carboxylic acids is 1. The van der Waals surface area contributed by atoms with E-state index in [1.165, 1.54) is 12.5 Å². The van der Waals surface area contributed by atoms with Crippen molar-refractivity contribution >= 4 is 22.8 Å². The standard InChI is InChI=1S/C18H21NO2/c1-5-16-11-15-10-13(6-7-14(15)12-19-16)8-9-18(2,3)17(20)21-4/h6-12H,5H2,1-4H3/b9-8+. The molecule has 21 heavy (non-hydrogen) atoms. The van der Waals surface area contributed by atoms with Crippen molar-refractivity contribution in [3.63, 3.8) is 0 Å². The van der Waals surface area contributed by atoms with Crippen molar-refractivity contribution in [2.45, 2.75) is 27.2 Å². The lowest BCUT2D eigenvalue weighted by Crippen LogP contribution is -2.22. The van der Waals surface area contributed by atoms with E-state index in [2.05, 4.69) is 24.0 Å². The predicted molar refractivity (Wildman–Crippen MR) is 86.0 cm³/mol. The third-order valence-corrected chi connectivity index (χ3v) is 3.57. The molecule has 3 heteroatoms. The molecular formula is C18H21NO2. The molecule has 0 aliphatic carbocycles. The number of methoxy groups -OCH3 is 1. The smallest absolute Gasteiger partial charge is 0.315 e. The number of aryl methyl sites for hydroxylation is 1. The van der Waals surface area contributed by atoms with Crippen LogP contribution in [0.1, 0.15) is 32.0 Å². The van der Waals surface area contributed by atoms with E-state index in [1.54, 1.807) is 0 Å². The molecule has 1 aromatic carbocycles. The van der Waals surface area contributed by atoms with Crippen molar-refractivity contribution in [1.29, 1.82) is 0 Å². The minimum Gasteiger partial charge on any atom is -0.468 e. The minimum absolute atomic E-state index is 0.239. The molecule has 0 aliphatic rings. The molecule has 0 atom stereocenters. The number of benzene rings is 1. The highest BCUT2D eigenvalue weighted by atomic mass is 16.5. The average molecular weight is 283 g/mol. The summed E-state index contributed by atoms with van der Waals surface area (Å²) in [5, 5.41) is 2.29. The Morgan fingerprint density at radius 3 is 2.71 bits per heavy atom. The molecule has 2 rings (SSSR count). The molecule has 0 N–H and O–H groups in total. The molecule has 0 unspecified atom stereocenters. The zero-order valence-corrected chi connectivity index (χ0v) is 13.0. The third-order valence-electron chi connectivity index (χ3n) is 3.57. The van der Waals surface area contributed by atoms with Crippen LogP contribution in [-0.2, 0) is 16.0 Å². The zero-order valence-electron chi connectivity index (χ0n) is 13.0. The number of aromatic nitrogens is 1. The van der Waals surface area contributed by atoms with E-state index in [0.717, 1.165) is 23.1 Å². The van der Waals surface area contributed by atoms with Gasteiger partial charge in [-0.2, -0.15) is 0 Å². The highest BCUT2D eigenvalue weighted by molar-refractivity contribution is 5.85. The van der Waals surface area contributed by atoms with Gasteiger partial charge in [-0.25, -0.2) is 0 Å². The van der Waals surface area contributed by atoms with Crippen molar-refractivity contribution in [3.05, 3.63) is 47.8 Å². The number of hydrogen-bond donors (Lipinski definition) is 0. The minimum atomic E-state index is -0.628. The number of rotatable bonds is 4. The van der Waals surface area contributed by atoms with E-state index in [4.69, 9.17) is 4.74 Å². The summed E-state index contributed by atoms with van der Waals surface area (Å²) in [4.78, 5) is 16.1. The SMILES string of the molecule is CCc1cc2cc(/C=C/C(C)(C)C(=O)OC)ccc2cn1. The van der Waals surface area contributed by atoms with Crippen LogP contribution < -0.4 is 0 Å². The number of nitrogens with zero attached hydrogens (tertiary/aromatic N) is 1. The van der Waals surface area contributed by atoms with Crippen LogP contribution in [0.3, 0.4) is 0 Å². The first-order valence-corrected chi connectivity index (χ1v) is 7.12. The van der Waals surface area contributed by atoms with Crippen molar-refractivity contribution in [1.82, 2.24) is 4.98 Å². The fourth-order valence-electron chi connectivity index (χ4n) is 2.14. The largest absolute Gasteiger partial charge is 0.468 e. The maximum absolute atomic E-state index is 11.7. The van der Waals surface area contributed by atoms with E-state index in [0.29, 0.717) is 0 Å². The summed E-state index contributed by atoms with van der Waals surface area (Å²) in [7, 11) is 1.41. The van der Waals surface area contributed by atoms with Crippen molar-refractivity contribution < 1.29 is 9.53 Å². The van der Waals surface area contributed by atoms with E-state index < -0.39 is 5.41 Å². The molecule has 0 amide bonds. The van der Waals surface area contributed by atoms with Gasteiger partial charge in [0.25, 0.3) is 0 Å². The zero-order chi connectivity index (χ0) is 15.5. The van der Waals surface area contributed by atoms with E-state index in [9.17, 15) is 4.79 Å². The first kappa shape index (κ1) is 15.2. The Labute approximate surface area is 125 Å². The van der Waals surface area contributed by atoms with Crippen LogP contribution >= 0.6 is 0 Å². The quantitative estimate of drug-likeness (QED) is 0.796. The molecule has 0 radical (unpaired) electrons. The normalized spacial score (nSPS) is 12.0. The van der Waals surface area contributed by atoms with E-state index in [-0.39, 0.29) is 5.97 Å². The van der Waals surface area contributed by atoms with Crippen LogP contribution in [0.25, 0.3) is 16.8 Å². The monoisotopic (exact) mass is 283 g/mol. The van der Waals surface area contributed by atoms with Crippen LogP contribution in [0.5, 0.6) is 0 Å². The van der Waals surface area contributed by atoms with Gasteiger partial charge in [-0.15, -0.1) is 0 Å². The summed E-state index contributed by atoms with van der Waals surface area (Å²) in [6.07, 6.45) is 6.66. The number of carbonyl (C=O) groups is 1. The third kappa shape index (κ3) is 3.48. The summed E-state index contributed by atoms with van der Waals surface area (Å²) in [5.74, 6) is -0.239. The predicted octanol–water partition coefficient (Wildman–Crippen LogP) is 4.01. The second kappa shape index (κ2) is 6.08. The number of pyridine rings is 1. The Bertz CT molecular complexity index is 687. The fourth-order valence-corrected chi connectivity index (χ4v) is 2.14. The summed E-state index contributed by atoms with van der Waals surface area (Å²) in [6, 6.07) is 8.30. The van der Waals surface area contributed by atoms with E-state index >= 15 is 0 Å². The first-order valence-electron chi connectivity index (χ1n) is 7.12. The van der Waals surface area contributed by atoms with Crippen LogP contribution in [-0.4, -0.2) is 18.1 Å². The van der Waals surface area contributed by atoms with Gasteiger partial charge in [0.1, 0.15) is 0 Å². The summed E-state index contributed by atoms with van der Waals surface area (Å²) < 4.78 is 4.81. The molecule has 2 aromatic rings. The topological polar surface area (TPSA) is 39.2 Å². The molecule has 1 heterocycles. The molecule has 3 nitrogen and oxygen atoms in total. The lowest BCUT2D eigenvalue weighted by Gasteiger charge is -2.16. The summed E-state index contributed by atoms with van der Waals surface area (Å²) in [6.45, 7) is 5.78. The lowest BCUT2D eigenvalue weighted by atomic mass is 9.92. The number of hydrogen-bond acceptors (Lipinski definition) is 3. The molecule has 0 aliphatic heterocycles. The second-order valence-corrected chi connectivity index (χ2v) is 5.68. The Kier molecular flexibility index (Phi) is 4.41. The van der Waals surface area contributed by atoms with Crippen molar-refractivity contribution in [2.75, 3.05) is 7.11 Å². The van der Waals surface area contributed by atoms with Crippen molar-refractivity contribution in [2.24, 2.45) is 5.41 Å². The molecule has 0 saturated carbocycles. The average Bonchev–Trinajstić information content (AvgIpc) is 2.51. The van der Waals surface area contributed by atoms with Gasteiger partial charge >= 0.3 is 5.97 Å². The fraction of sp³-hybridized carbons (Fsp3) is 0.333. The van der Waals surface area contributed by atoms with E-state index in [1.807, 2.05) is 44.3 Å². The Morgan fingerprint density at radius 2 is 2.05 bits per heavy atom. The first-order chi connectivity index (χ1) is 9.96. The highest BCUT2D eigenvalue weighted by Crippen LogP contribution is 2.22. The number of fused-ring (bicyclic) bond motifs is 1. The van der Waals surface area contributed by atoms with Gasteiger partial charge < -0.3 is 4.74 Å². The van der Waals surface area contributed by atoms with Crippen LogP contribution in [0, 0.1) is 5.41 Å². The molecule has 0 saturated heterocycles. The molecule has 1 aromatic heterocycles. The molecule has 110 valence electrons. The van der Waals surface area contributed by atoms with Gasteiger partial charge in [0, 0.05) is 17.3 Å². The van der Waals surface area contributed by atoms with Gasteiger partial charge in [-0.1, -0.05) is 31.2 Å². The molecular weight excluding hydrogens is 262 g/mol. The van der Waals surface area contributed by atoms with Gasteiger partial charge in [-0.3, -0.25) is 9.78 Å². The maximum atomic E-state index is 11.7. The van der Waals surface area contributed by atoms with Gasteiger partial charge in [0.2, 0.25) is 0 Å². The summed E-state index contributed by atoms with van der Waals surface area (Å²) >= 11 is 0. The second-order valence-electron chi connectivity index (χ2n) is 5.68. The van der Waals surface area contributed by atoms with Gasteiger partial charge in [0.15, 0.2) is 0 Å². The van der Waals surface area contributed by atoms with Crippen LogP contribution in [0.15, 0.2) is 36.5 Å². The van der Waals surface area contributed by atoms with Crippen molar-refractivity contribution in [3.8, 4) is 0 Å². The van der Waals surface area contributed by atoms with Gasteiger partial charge in [0.05, 0.1) is 12.5 Å². The van der Waals surface area contributed by atoms with Gasteiger partial charge in [-0.05, 0) is 43.4 Å². The Morgan fingerprint density at radius 1 is 1.29 bits per heavy atom. The molecule has 0 spiro atoms. The Hall–Kier alpha value is -2.16. The Balaban J connectivity index is 2.32. The maximum Gasteiger partial charge on any atom is 0.315 e. The molecule has 0 bridgehead atoms. The number of esters is 1. The number of ether oxygens (including phenoxy) is 1. The summed E-state index contributed by atoms with van der Waals surface area (Å²) in [5.41, 5.74) is 1.52. The van der Waals surface area contributed by atoms with Crippen LogP contribution in [0.4, 0.5) is 0 Å². The highest BCUT2D eigenvalue weighted by Gasteiger charge is 2.24. The lowest BCUT2D eigenvalue weighted by molar-refractivity contribution is -0.148. The molecule has 0 fully saturated rings.